The topological polar surface area (TPSA) is 38.0 Å². The molecule has 0 amide bonds. The van der Waals surface area contributed by atoms with Crippen LogP contribution in [0.5, 0.6) is 0 Å². The highest BCUT2D eigenvalue weighted by molar-refractivity contribution is 5.14. The van der Waals surface area contributed by atoms with Crippen LogP contribution >= 0.6 is 0 Å². The van der Waals surface area contributed by atoms with Crippen LogP contribution in [0.25, 0.3) is 0 Å². The van der Waals surface area contributed by atoms with Crippen molar-refractivity contribution in [2.75, 3.05) is 0 Å². The largest absolute Gasteiger partial charge is 0.271 e. The van der Waals surface area contributed by atoms with Crippen molar-refractivity contribution in [3.05, 3.63) is 35.9 Å². The lowest BCUT2D eigenvalue weighted by molar-refractivity contribution is 0.272. The molecule has 1 aromatic rings. The molecule has 0 spiro atoms. The van der Waals surface area contributed by atoms with Crippen LogP contribution in [0.15, 0.2) is 30.3 Å². The van der Waals surface area contributed by atoms with Crippen LogP contribution in [0.1, 0.15) is 44.1 Å². The molecule has 0 saturated heterocycles. The van der Waals surface area contributed by atoms with Crippen molar-refractivity contribution in [2.45, 2.75) is 51.0 Å². The van der Waals surface area contributed by atoms with E-state index in [1.54, 1.807) is 0 Å². The van der Waals surface area contributed by atoms with E-state index in [1.165, 1.54) is 37.7 Å². The number of rotatable bonds is 6. The zero-order valence-electron chi connectivity index (χ0n) is 11.7. The highest BCUT2D eigenvalue weighted by atomic mass is 15.2. The van der Waals surface area contributed by atoms with Crippen LogP contribution in [-0.4, -0.2) is 6.04 Å². The lowest BCUT2D eigenvalue weighted by Gasteiger charge is -2.26. The maximum atomic E-state index is 5.76. The lowest BCUT2D eigenvalue weighted by atomic mass is 9.83. The van der Waals surface area contributed by atoms with Gasteiger partial charge in [-0.05, 0) is 61.8 Å². The standard InChI is InChI=1S/C17H26N2/c18-19-17(9-7-13-4-2-1-3-5-13)12-16-11-14-6-8-15(16)10-14/h1-5,14-17,19H,6-12,18H2. The van der Waals surface area contributed by atoms with Gasteiger partial charge in [-0.25, -0.2) is 0 Å². The highest BCUT2D eigenvalue weighted by Gasteiger charge is 2.39. The Morgan fingerprint density at radius 3 is 2.63 bits per heavy atom. The third-order valence-electron chi connectivity index (χ3n) is 5.33. The Hall–Kier alpha value is -0.860. The highest BCUT2D eigenvalue weighted by Crippen LogP contribution is 2.49. The smallest absolute Gasteiger partial charge is 0.0216 e. The molecule has 4 unspecified atom stereocenters. The summed E-state index contributed by atoms with van der Waals surface area (Å²) >= 11 is 0. The molecule has 0 aliphatic heterocycles. The number of nitrogens with one attached hydrogen (secondary N) is 1. The first-order chi connectivity index (χ1) is 9.35. The molecule has 104 valence electrons. The van der Waals surface area contributed by atoms with Gasteiger partial charge in [0.15, 0.2) is 0 Å². The fourth-order valence-electron chi connectivity index (χ4n) is 4.29. The van der Waals surface area contributed by atoms with Crippen molar-refractivity contribution in [1.29, 1.82) is 0 Å². The van der Waals surface area contributed by atoms with Crippen molar-refractivity contribution < 1.29 is 0 Å². The molecule has 2 bridgehead atoms. The second-order valence-corrected chi connectivity index (χ2v) is 6.56. The average molecular weight is 258 g/mol. The summed E-state index contributed by atoms with van der Waals surface area (Å²) in [5.74, 6) is 8.76. The molecule has 3 rings (SSSR count). The molecule has 2 aliphatic rings. The van der Waals surface area contributed by atoms with Crippen LogP contribution in [-0.2, 0) is 6.42 Å². The molecular formula is C17H26N2. The number of hydrogen-bond donors (Lipinski definition) is 2. The third-order valence-corrected chi connectivity index (χ3v) is 5.33. The van der Waals surface area contributed by atoms with Crippen LogP contribution in [0.2, 0.25) is 0 Å². The van der Waals surface area contributed by atoms with Gasteiger partial charge in [0.25, 0.3) is 0 Å². The number of fused-ring (bicyclic) bond motifs is 2. The predicted molar refractivity (Wildman–Crippen MR) is 79.4 cm³/mol. The molecule has 2 fully saturated rings. The van der Waals surface area contributed by atoms with Gasteiger partial charge in [0.1, 0.15) is 0 Å². The summed E-state index contributed by atoms with van der Waals surface area (Å²) < 4.78 is 0. The molecule has 2 aliphatic carbocycles. The van der Waals surface area contributed by atoms with Crippen LogP contribution in [0, 0.1) is 17.8 Å². The molecule has 2 saturated carbocycles. The zero-order chi connectivity index (χ0) is 13.1. The number of hydrogen-bond acceptors (Lipinski definition) is 2. The molecule has 3 N–H and O–H groups in total. The first-order valence-electron chi connectivity index (χ1n) is 7.85. The van der Waals surface area contributed by atoms with E-state index in [0.717, 1.165) is 30.6 Å². The first-order valence-corrected chi connectivity index (χ1v) is 7.85. The summed E-state index contributed by atoms with van der Waals surface area (Å²) in [6.45, 7) is 0. The summed E-state index contributed by atoms with van der Waals surface area (Å²) in [5, 5.41) is 0. The molecule has 0 heterocycles. The molecule has 4 atom stereocenters. The molecule has 19 heavy (non-hydrogen) atoms. The minimum absolute atomic E-state index is 0.490. The second kappa shape index (κ2) is 6.06. The Bertz CT molecular complexity index is 390. The van der Waals surface area contributed by atoms with E-state index in [1.807, 2.05) is 0 Å². The molecule has 2 nitrogen and oxygen atoms in total. The van der Waals surface area contributed by atoms with E-state index in [2.05, 4.69) is 35.8 Å². The predicted octanol–water partition coefficient (Wildman–Crippen LogP) is 3.28. The zero-order valence-corrected chi connectivity index (χ0v) is 11.7. The summed E-state index contributed by atoms with van der Waals surface area (Å²) in [5.41, 5.74) is 4.49. The van der Waals surface area contributed by atoms with Gasteiger partial charge in [-0.15, -0.1) is 0 Å². The Morgan fingerprint density at radius 1 is 1.16 bits per heavy atom. The summed E-state index contributed by atoms with van der Waals surface area (Å²) in [6, 6.07) is 11.2. The van der Waals surface area contributed by atoms with Gasteiger partial charge in [-0.2, -0.15) is 0 Å². The molecule has 0 radical (unpaired) electrons. The number of hydrazine groups is 1. The van der Waals surface area contributed by atoms with Crippen molar-refractivity contribution in [3.63, 3.8) is 0 Å². The number of aryl methyl sites for hydroxylation is 1. The Kier molecular flexibility index (Phi) is 4.19. The van der Waals surface area contributed by atoms with Crippen LogP contribution in [0.3, 0.4) is 0 Å². The summed E-state index contributed by atoms with van der Waals surface area (Å²) in [7, 11) is 0. The van der Waals surface area contributed by atoms with E-state index in [0.29, 0.717) is 6.04 Å². The molecule has 0 aromatic heterocycles. The van der Waals surface area contributed by atoms with E-state index in [4.69, 9.17) is 5.84 Å². The normalized spacial score (nSPS) is 30.7. The third kappa shape index (κ3) is 3.18. The first kappa shape index (κ1) is 13.1. The Morgan fingerprint density at radius 2 is 2.00 bits per heavy atom. The lowest BCUT2D eigenvalue weighted by Crippen LogP contribution is -2.37. The maximum absolute atomic E-state index is 5.76. The minimum Gasteiger partial charge on any atom is -0.271 e. The van der Waals surface area contributed by atoms with Gasteiger partial charge in [0, 0.05) is 6.04 Å². The van der Waals surface area contributed by atoms with Crippen molar-refractivity contribution >= 4 is 0 Å². The number of nitrogens with two attached hydrogens (primary N) is 1. The minimum atomic E-state index is 0.490. The summed E-state index contributed by atoms with van der Waals surface area (Å²) in [6.07, 6.45) is 9.52. The van der Waals surface area contributed by atoms with Crippen molar-refractivity contribution in [3.8, 4) is 0 Å². The van der Waals surface area contributed by atoms with E-state index in [-0.39, 0.29) is 0 Å². The Balaban J connectivity index is 1.48. The van der Waals surface area contributed by atoms with Gasteiger partial charge < -0.3 is 0 Å². The fraction of sp³-hybridized carbons (Fsp3) is 0.647. The molecule has 1 aromatic carbocycles. The van der Waals surface area contributed by atoms with E-state index in [9.17, 15) is 0 Å². The SMILES string of the molecule is NNC(CCc1ccccc1)CC1CC2CCC1C2. The van der Waals surface area contributed by atoms with Gasteiger partial charge >= 0.3 is 0 Å². The average Bonchev–Trinajstić information content (AvgIpc) is 3.07. The second-order valence-electron chi connectivity index (χ2n) is 6.56. The Labute approximate surface area is 116 Å². The fourth-order valence-corrected chi connectivity index (χ4v) is 4.29. The van der Waals surface area contributed by atoms with E-state index < -0.39 is 0 Å². The number of benzene rings is 1. The maximum Gasteiger partial charge on any atom is 0.0216 e. The summed E-state index contributed by atoms with van der Waals surface area (Å²) in [4.78, 5) is 0. The van der Waals surface area contributed by atoms with Gasteiger partial charge in [-0.1, -0.05) is 36.8 Å². The van der Waals surface area contributed by atoms with Gasteiger partial charge in [-0.3, -0.25) is 11.3 Å². The van der Waals surface area contributed by atoms with Crippen molar-refractivity contribution in [1.82, 2.24) is 5.43 Å². The van der Waals surface area contributed by atoms with E-state index >= 15 is 0 Å². The monoisotopic (exact) mass is 258 g/mol. The molecular weight excluding hydrogens is 232 g/mol. The van der Waals surface area contributed by atoms with Gasteiger partial charge in [0.05, 0.1) is 0 Å². The molecule has 2 heteroatoms. The van der Waals surface area contributed by atoms with Gasteiger partial charge in [0.2, 0.25) is 0 Å². The quantitative estimate of drug-likeness (QED) is 0.607. The van der Waals surface area contributed by atoms with Crippen LogP contribution in [0.4, 0.5) is 0 Å². The van der Waals surface area contributed by atoms with Crippen LogP contribution < -0.4 is 11.3 Å². The van der Waals surface area contributed by atoms with Crippen molar-refractivity contribution in [2.24, 2.45) is 23.6 Å².